The fraction of sp³-hybridized carbons (Fsp3) is 0.500. The largest absolute Gasteiger partial charge is 0.339 e. The Labute approximate surface area is 138 Å². The van der Waals surface area contributed by atoms with Gasteiger partial charge < -0.3 is 10.2 Å². The van der Waals surface area contributed by atoms with Crippen LogP contribution < -0.4 is 10.2 Å². The molecule has 5 nitrogen and oxygen atoms in total. The molecule has 1 fully saturated rings. The number of nitrogens with zero attached hydrogens (tertiary/aromatic N) is 4. The molecule has 0 radical (unpaired) electrons. The van der Waals surface area contributed by atoms with Gasteiger partial charge in [0, 0.05) is 18.3 Å². The molecular weight excluding hydrogens is 286 g/mol. The first-order valence-electron chi connectivity index (χ1n) is 8.48. The van der Waals surface area contributed by atoms with Gasteiger partial charge in [-0.05, 0) is 51.2 Å². The third-order valence-electron chi connectivity index (χ3n) is 4.55. The van der Waals surface area contributed by atoms with Gasteiger partial charge in [0.15, 0.2) is 5.82 Å². The second-order valence-electron chi connectivity index (χ2n) is 6.34. The zero-order chi connectivity index (χ0) is 16.2. The van der Waals surface area contributed by atoms with Crippen LogP contribution in [0.15, 0.2) is 24.4 Å². The molecule has 2 aromatic rings. The fourth-order valence-electron chi connectivity index (χ4n) is 3.26. The van der Waals surface area contributed by atoms with E-state index in [2.05, 4.69) is 59.4 Å². The highest BCUT2D eigenvalue weighted by molar-refractivity contribution is 5.61. The highest BCUT2D eigenvalue weighted by Crippen LogP contribution is 2.25. The third kappa shape index (κ3) is 3.60. The van der Waals surface area contributed by atoms with E-state index >= 15 is 0 Å². The van der Waals surface area contributed by atoms with Gasteiger partial charge in [-0.1, -0.05) is 24.6 Å². The van der Waals surface area contributed by atoms with Crippen molar-refractivity contribution in [3.63, 3.8) is 0 Å². The average Bonchev–Trinajstić information content (AvgIpc) is 2.58. The molecule has 0 spiro atoms. The monoisotopic (exact) mass is 311 g/mol. The molecule has 2 heterocycles. The van der Waals surface area contributed by atoms with E-state index in [0.717, 1.165) is 30.4 Å². The van der Waals surface area contributed by atoms with Gasteiger partial charge in [-0.2, -0.15) is 10.1 Å². The Morgan fingerprint density at radius 1 is 1.26 bits per heavy atom. The molecule has 3 rings (SSSR count). The van der Waals surface area contributed by atoms with Crippen LogP contribution in [0.5, 0.6) is 0 Å². The van der Waals surface area contributed by atoms with E-state index in [1.807, 2.05) is 0 Å². The van der Waals surface area contributed by atoms with E-state index in [-0.39, 0.29) is 0 Å². The molecule has 5 heteroatoms. The summed E-state index contributed by atoms with van der Waals surface area (Å²) in [4.78, 5) is 7.00. The lowest BCUT2D eigenvalue weighted by Gasteiger charge is -2.34. The number of piperidine rings is 1. The molecule has 1 aliphatic rings. The predicted molar refractivity (Wildman–Crippen MR) is 94.3 cm³/mol. The van der Waals surface area contributed by atoms with Crippen LogP contribution in [0.3, 0.4) is 0 Å². The molecule has 23 heavy (non-hydrogen) atoms. The quantitative estimate of drug-likeness (QED) is 0.925. The predicted octanol–water partition coefficient (Wildman–Crippen LogP) is 4.00. The van der Waals surface area contributed by atoms with Crippen molar-refractivity contribution >= 4 is 17.5 Å². The molecule has 0 aliphatic carbocycles. The maximum atomic E-state index is 4.69. The van der Waals surface area contributed by atoms with Crippen LogP contribution in [0.2, 0.25) is 0 Å². The molecule has 0 bridgehead atoms. The summed E-state index contributed by atoms with van der Waals surface area (Å²) in [5.41, 5.74) is 3.52. The first-order chi connectivity index (χ1) is 11.2. The Balaban J connectivity index is 1.82. The molecule has 1 aromatic heterocycles. The maximum Gasteiger partial charge on any atom is 0.247 e. The van der Waals surface area contributed by atoms with Crippen LogP contribution in [0.4, 0.5) is 17.5 Å². The normalized spacial score (nSPS) is 18.0. The molecular formula is C18H25N5. The number of benzene rings is 1. The summed E-state index contributed by atoms with van der Waals surface area (Å²) in [6.45, 7) is 7.45. The highest BCUT2D eigenvalue weighted by Gasteiger charge is 2.23. The first kappa shape index (κ1) is 15.7. The molecule has 1 aliphatic heterocycles. The molecule has 1 atom stereocenters. The lowest BCUT2D eigenvalue weighted by atomic mass is 10.0. The van der Waals surface area contributed by atoms with E-state index < -0.39 is 0 Å². The summed E-state index contributed by atoms with van der Waals surface area (Å²) < 4.78 is 0. The zero-order valence-electron chi connectivity index (χ0n) is 14.2. The van der Waals surface area contributed by atoms with E-state index in [4.69, 9.17) is 4.98 Å². The highest BCUT2D eigenvalue weighted by atomic mass is 15.3. The van der Waals surface area contributed by atoms with Crippen molar-refractivity contribution in [1.29, 1.82) is 0 Å². The van der Waals surface area contributed by atoms with Crippen LogP contribution >= 0.6 is 0 Å². The standard InChI is InChI=1S/C18H25N5/c1-4-15-7-5-6-10-23(15)18-21-17(12-19-22-18)20-16-9-8-13(2)11-14(16)3/h8-9,11-12,15H,4-7,10H2,1-3H3,(H,20,21,22). The molecule has 1 unspecified atom stereocenters. The van der Waals surface area contributed by atoms with Gasteiger partial charge in [-0.3, -0.25) is 0 Å². The Bertz CT molecular complexity index is 670. The molecule has 0 amide bonds. The van der Waals surface area contributed by atoms with Crippen molar-refractivity contribution in [2.45, 2.75) is 52.5 Å². The van der Waals surface area contributed by atoms with Gasteiger partial charge in [-0.15, -0.1) is 5.10 Å². The fourth-order valence-corrected chi connectivity index (χ4v) is 3.26. The van der Waals surface area contributed by atoms with Gasteiger partial charge in [0.1, 0.15) is 0 Å². The first-order valence-corrected chi connectivity index (χ1v) is 8.48. The molecule has 1 N–H and O–H groups in total. The summed E-state index contributed by atoms with van der Waals surface area (Å²) in [6.07, 6.45) is 6.53. The third-order valence-corrected chi connectivity index (χ3v) is 4.55. The minimum atomic E-state index is 0.530. The van der Waals surface area contributed by atoms with E-state index in [1.165, 1.54) is 30.4 Å². The average molecular weight is 311 g/mol. The van der Waals surface area contributed by atoms with Crippen LogP contribution in [-0.4, -0.2) is 27.8 Å². The van der Waals surface area contributed by atoms with Crippen LogP contribution in [0.1, 0.15) is 43.7 Å². The van der Waals surface area contributed by atoms with Crippen LogP contribution in [0, 0.1) is 13.8 Å². The van der Waals surface area contributed by atoms with E-state index in [9.17, 15) is 0 Å². The minimum Gasteiger partial charge on any atom is -0.339 e. The SMILES string of the molecule is CCC1CCCCN1c1nncc(Nc2ccc(C)cc2C)n1. The Morgan fingerprint density at radius 2 is 2.13 bits per heavy atom. The van der Waals surface area contributed by atoms with Crippen molar-refractivity contribution in [1.82, 2.24) is 15.2 Å². The number of nitrogens with one attached hydrogen (secondary N) is 1. The van der Waals surface area contributed by atoms with Crippen molar-refractivity contribution in [3.8, 4) is 0 Å². The smallest absolute Gasteiger partial charge is 0.247 e. The number of rotatable bonds is 4. The summed E-state index contributed by atoms with van der Waals surface area (Å²) in [5, 5.41) is 11.8. The molecule has 1 aromatic carbocycles. The van der Waals surface area contributed by atoms with Gasteiger partial charge in [0.25, 0.3) is 0 Å². The Morgan fingerprint density at radius 3 is 2.91 bits per heavy atom. The minimum absolute atomic E-state index is 0.530. The van der Waals surface area contributed by atoms with Gasteiger partial charge in [-0.25, -0.2) is 0 Å². The second-order valence-corrected chi connectivity index (χ2v) is 6.34. The number of anilines is 3. The summed E-state index contributed by atoms with van der Waals surface area (Å²) >= 11 is 0. The van der Waals surface area contributed by atoms with Gasteiger partial charge >= 0.3 is 0 Å². The topological polar surface area (TPSA) is 53.9 Å². The number of hydrogen-bond donors (Lipinski definition) is 1. The van der Waals surface area contributed by atoms with E-state index in [0.29, 0.717) is 6.04 Å². The number of aryl methyl sites for hydroxylation is 2. The molecule has 122 valence electrons. The maximum absolute atomic E-state index is 4.69. The van der Waals surface area contributed by atoms with Crippen molar-refractivity contribution < 1.29 is 0 Å². The Hall–Kier alpha value is -2.17. The number of hydrogen-bond acceptors (Lipinski definition) is 5. The van der Waals surface area contributed by atoms with E-state index in [1.54, 1.807) is 6.20 Å². The van der Waals surface area contributed by atoms with Crippen molar-refractivity contribution in [2.75, 3.05) is 16.8 Å². The van der Waals surface area contributed by atoms with Crippen molar-refractivity contribution in [2.24, 2.45) is 0 Å². The lowest BCUT2D eigenvalue weighted by Crippen LogP contribution is -2.40. The lowest BCUT2D eigenvalue weighted by molar-refractivity contribution is 0.442. The van der Waals surface area contributed by atoms with Crippen molar-refractivity contribution in [3.05, 3.63) is 35.5 Å². The van der Waals surface area contributed by atoms with Crippen LogP contribution in [-0.2, 0) is 0 Å². The van der Waals surface area contributed by atoms with Crippen LogP contribution in [0.25, 0.3) is 0 Å². The zero-order valence-corrected chi connectivity index (χ0v) is 14.2. The Kier molecular flexibility index (Phi) is 4.74. The summed E-state index contributed by atoms with van der Waals surface area (Å²) in [7, 11) is 0. The van der Waals surface area contributed by atoms with Gasteiger partial charge in [0.05, 0.1) is 6.20 Å². The summed E-state index contributed by atoms with van der Waals surface area (Å²) in [6, 6.07) is 6.88. The van der Waals surface area contributed by atoms with Gasteiger partial charge in [0.2, 0.25) is 5.95 Å². The summed E-state index contributed by atoms with van der Waals surface area (Å²) in [5.74, 6) is 1.49. The second kappa shape index (κ2) is 6.94. The molecule has 1 saturated heterocycles. The molecule has 0 saturated carbocycles. The number of aromatic nitrogens is 3.